The lowest BCUT2D eigenvalue weighted by Crippen LogP contribution is -2.19. The van der Waals surface area contributed by atoms with Gasteiger partial charge in [0.05, 0.1) is 13.3 Å². The summed E-state index contributed by atoms with van der Waals surface area (Å²) in [4.78, 5) is 16.3. The summed E-state index contributed by atoms with van der Waals surface area (Å²) in [6.07, 6.45) is 2.18. The minimum absolute atomic E-state index is 0.276. The van der Waals surface area contributed by atoms with Gasteiger partial charge in [-0.1, -0.05) is 12.1 Å². The second-order valence-corrected chi connectivity index (χ2v) is 5.26. The van der Waals surface area contributed by atoms with Crippen LogP contribution in [0.15, 0.2) is 35.3 Å². The van der Waals surface area contributed by atoms with Gasteiger partial charge in [-0.2, -0.15) is 5.10 Å². The van der Waals surface area contributed by atoms with Gasteiger partial charge >= 0.3 is 5.69 Å². The highest BCUT2D eigenvalue weighted by Crippen LogP contribution is 2.17. The normalized spacial score (nSPS) is 10.9. The lowest BCUT2D eigenvalue weighted by atomic mass is 10.1. The van der Waals surface area contributed by atoms with Crippen LogP contribution in [0.1, 0.15) is 11.4 Å². The molecule has 0 atom stereocenters. The summed E-state index contributed by atoms with van der Waals surface area (Å²) in [5.74, 6) is 1.50. The Labute approximate surface area is 128 Å². The molecule has 3 rings (SSSR count). The Hall–Kier alpha value is -1.90. The van der Waals surface area contributed by atoms with Gasteiger partial charge in [0.1, 0.15) is 20.8 Å². The summed E-state index contributed by atoms with van der Waals surface area (Å²) in [7, 11) is 1.63. The molecule has 6 nitrogen and oxygen atoms in total. The van der Waals surface area contributed by atoms with Crippen LogP contribution >= 0.6 is 22.6 Å². The van der Waals surface area contributed by atoms with Crippen molar-refractivity contribution in [3.63, 3.8) is 0 Å². The van der Waals surface area contributed by atoms with Crippen molar-refractivity contribution < 1.29 is 4.74 Å². The molecular formula is C13H11IN4O2. The van der Waals surface area contributed by atoms with Gasteiger partial charge in [0.2, 0.25) is 0 Å². The molecule has 0 aliphatic heterocycles. The lowest BCUT2D eigenvalue weighted by molar-refractivity contribution is 0.414. The van der Waals surface area contributed by atoms with E-state index in [2.05, 4.69) is 37.8 Å². The molecule has 0 spiro atoms. The average molecular weight is 382 g/mol. The van der Waals surface area contributed by atoms with Crippen LogP contribution < -0.4 is 10.4 Å². The maximum absolute atomic E-state index is 11.9. The zero-order valence-electron chi connectivity index (χ0n) is 10.6. The highest BCUT2D eigenvalue weighted by atomic mass is 127. The first-order chi connectivity index (χ1) is 9.69. The van der Waals surface area contributed by atoms with Crippen molar-refractivity contribution in [3.8, 4) is 5.75 Å². The highest BCUT2D eigenvalue weighted by Gasteiger charge is 2.12. The summed E-state index contributed by atoms with van der Waals surface area (Å²) in [6.45, 7) is 0. The van der Waals surface area contributed by atoms with E-state index in [1.54, 1.807) is 17.7 Å². The van der Waals surface area contributed by atoms with Gasteiger partial charge < -0.3 is 4.74 Å². The first-order valence-electron chi connectivity index (χ1n) is 5.92. The molecule has 0 bridgehead atoms. The van der Waals surface area contributed by atoms with Gasteiger partial charge in [-0.05, 0) is 40.3 Å². The Kier molecular flexibility index (Phi) is 3.43. The third-order valence-corrected chi connectivity index (χ3v) is 3.80. The third-order valence-electron chi connectivity index (χ3n) is 3.01. The van der Waals surface area contributed by atoms with E-state index in [1.807, 2.05) is 24.3 Å². The molecule has 102 valence electrons. The number of nitrogens with one attached hydrogen (secondary N) is 1. The number of aromatic amines is 1. The molecule has 1 aromatic carbocycles. The number of benzene rings is 1. The summed E-state index contributed by atoms with van der Waals surface area (Å²) < 4.78 is 7.45. The van der Waals surface area contributed by atoms with Crippen molar-refractivity contribution in [3.05, 3.63) is 56.0 Å². The lowest BCUT2D eigenvalue weighted by Gasteiger charge is -2.03. The van der Waals surface area contributed by atoms with Crippen LogP contribution in [0.2, 0.25) is 0 Å². The molecule has 0 fully saturated rings. The minimum Gasteiger partial charge on any atom is -0.497 e. The fraction of sp³-hybridized carbons (Fsp3) is 0.154. The fourth-order valence-electron chi connectivity index (χ4n) is 2.03. The second kappa shape index (κ2) is 5.23. The van der Waals surface area contributed by atoms with Crippen LogP contribution in [0.4, 0.5) is 0 Å². The predicted molar refractivity (Wildman–Crippen MR) is 82.1 cm³/mol. The van der Waals surface area contributed by atoms with E-state index in [4.69, 9.17) is 4.74 Å². The molecule has 0 aliphatic carbocycles. The minimum atomic E-state index is -0.276. The SMILES string of the molecule is COc1ccc(Cc2nc(I)c3cn[nH]c(=O)n23)cc1. The number of ether oxygens (including phenoxy) is 1. The van der Waals surface area contributed by atoms with Crippen molar-refractivity contribution in [2.75, 3.05) is 7.11 Å². The number of fused-ring (bicyclic) bond motifs is 1. The number of halogens is 1. The maximum atomic E-state index is 11.9. The molecule has 7 heteroatoms. The number of methoxy groups -OCH3 is 1. The molecule has 0 saturated heterocycles. The van der Waals surface area contributed by atoms with Crippen LogP contribution in [0.25, 0.3) is 5.52 Å². The number of H-pyrrole nitrogens is 1. The molecule has 0 amide bonds. The molecule has 0 aliphatic rings. The molecule has 20 heavy (non-hydrogen) atoms. The van der Waals surface area contributed by atoms with Crippen LogP contribution in [-0.4, -0.2) is 26.7 Å². The number of rotatable bonds is 3. The smallest absolute Gasteiger partial charge is 0.347 e. The van der Waals surface area contributed by atoms with Crippen LogP contribution in [0, 0.1) is 3.70 Å². The zero-order valence-corrected chi connectivity index (χ0v) is 12.8. The number of hydrogen-bond acceptors (Lipinski definition) is 4. The molecule has 0 radical (unpaired) electrons. The van der Waals surface area contributed by atoms with E-state index in [1.165, 1.54) is 0 Å². The van der Waals surface area contributed by atoms with Gasteiger partial charge in [0.15, 0.2) is 0 Å². The Morgan fingerprint density at radius 1 is 1.35 bits per heavy atom. The molecule has 2 aromatic heterocycles. The van der Waals surface area contributed by atoms with Crippen LogP contribution in [0.5, 0.6) is 5.75 Å². The topological polar surface area (TPSA) is 72.3 Å². The van der Waals surface area contributed by atoms with Gasteiger partial charge in [-0.25, -0.2) is 19.3 Å². The Morgan fingerprint density at radius 3 is 2.80 bits per heavy atom. The Bertz CT molecular complexity index is 807. The number of imidazole rings is 1. The van der Waals surface area contributed by atoms with Gasteiger partial charge in [0, 0.05) is 6.42 Å². The maximum Gasteiger partial charge on any atom is 0.347 e. The number of aromatic nitrogens is 4. The largest absolute Gasteiger partial charge is 0.497 e. The Morgan fingerprint density at radius 2 is 2.10 bits per heavy atom. The van der Waals surface area contributed by atoms with Crippen molar-refractivity contribution in [1.82, 2.24) is 19.6 Å². The summed E-state index contributed by atoms with van der Waals surface area (Å²) in [5, 5.41) is 6.22. The number of hydrogen-bond donors (Lipinski definition) is 1. The molecule has 3 aromatic rings. The molecule has 0 unspecified atom stereocenters. The molecule has 2 heterocycles. The van der Waals surface area contributed by atoms with Gasteiger partial charge in [-0.15, -0.1) is 0 Å². The Balaban J connectivity index is 2.04. The van der Waals surface area contributed by atoms with E-state index >= 15 is 0 Å². The number of nitrogens with zero attached hydrogens (tertiary/aromatic N) is 3. The quantitative estimate of drug-likeness (QED) is 0.699. The van der Waals surface area contributed by atoms with Crippen molar-refractivity contribution in [2.24, 2.45) is 0 Å². The summed E-state index contributed by atoms with van der Waals surface area (Å²) in [5.41, 5.74) is 1.50. The first-order valence-corrected chi connectivity index (χ1v) is 7.00. The van der Waals surface area contributed by atoms with Crippen LogP contribution in [0.3, 0.4) is 0 Å². The van der Waals surface area contributed by atoms with Gasteiger partial charge in [-0.3, -0.25) is 0 Å². The van der Waals surface area contributed by atoms with E-state index in [0.717, 1.165) is 20.5 Å². The first kappa shape index (κ1) is 13.1. The van der Waals surface area contributed by atoms with E-state index in [-0.39, 0.29) is 5.69 Å². The second-order valence-electron chi connectivity index (χ2n) is 4.24. The highest BCUT2D eigenvalue weighted by molar-refractivity contribution is 14.1. The molecular weight excluding hydrogens is 371 g/mol. The standard InChI is InChI=1S/C13H11IN4O2/c1-20-9-4-2-8(3-5-9)6-11-16-12(14)10-7-15-17-13(19)18(10)11/h2-5,7H,6H2,1H3,(H,17,19). The van der Waals surface area contributed by atoms with Gasteiger partial charge in [0.25, 0.3) is 0 Å². The van der Waals surface area contributed by atoms with E-state index in [0.29, 0.717) is 12.2 Å². The fourth-order valence-corrected chi connectivity index (χ4v) is 2.69. The third kappa shape index (κ3) is 2.28. The molecule has 0 saturated carbocycles. The predicted octanol–water partition coefficient (Wildman–Crippen LogP) is 1.62. The zero-order chi connectivity index (χ0) is 14.1. The summed E-state index contributed by atoms with van der Waals surface area (Å²) in [6, 6.07) is 7.70. The van der Waals surface area contributed by atoms with Crippen molar-refractivity contribution in [1.29, 1.82) is 0 Å². The van der Waals surface area contributed by atoms with E-state index in [9.17, 15) is 4.79 Å². The monoisotopic (exact) mass is 382 g/mol. The summed E-state index contributed by atoms with van der Waals surface area (Å²) >= 11 is 2.10. The van der Waals surface area contributed by atoms with Crippen molar-refractivity contribution >= 4 is 28.1 Å². The van der Waals surface area contributed by atoms with E-state index < -0.39 is 0 Å². The average Bonchev–Trinajstić information content (AvgIpc) is 2.78. The molecule has 1 N–H and O–H groups in total. The van der Waals surface area contributed by atoms with Crippen LogP contribution in [-0.2, 0) is 6.42 Å². The van der Waals surface area contributed by atoms with Crippen molar-refractivity contribution in [2.45, 2.75) is 6.42 Å².